The summed E-state index contributed by atoms with van der Waals surface area (Å²) in [5.74, 6) is 0.439. The van der Waals surface area contributed by atoms with Crippen molar-refractivity contribution in [1.29, 1.82) is 0 Å². The smallest absolute Gasteiger partial charge is 0.324 e. The van der Waals surface area contributed by atoms with Gasteiger partial charge in [-0.1, -0.05) is 6.92 Å². The Bertz CT molecular complexity index is 392. The Morgan fingerprint density at radius 1 is 0.857 bits per heavy atom. The number of nitrogens with one attached hydrogen (secondary N) is 1. The second-order valence-electron chi connectivity index (χ2n) is 4.06. The molecule has 8 nitrogen and oxygen atoms in total. The van der Waals surface area contributed by atoms with Crippen molar-refractivity contribution in [2.75, 3.05) is 52.0 Å². The average Bonchev–Trinajstić information content (AvgIpc) is 2.49. The normalized spacial score (nSPS) is 10.4. The molecule has 0 saturated heterocycles. The van der Waals surface area contributed by atoms with Gasteiger partial charge < -0.3 is 24.3 Å². The molecule has 8 heteroatoms. The van der Waals surface area contributed by atoms with Crippen molar-refractivity contribution < 1.29 is 18.9 Å². The summed E-state index contributed by atoms with van der Waals surface area (Å²) in [7, 11) is 1.63. The van der Waals surface area contributed by atoms with Crippen molar-refractivity contribution in [2.24, 2.45) is 0 Å². The van der Waals surface area contributed by atoms with Crippen molar-refractivity contribution in [3.8, 4) is 12.0 Å². The monoisotopic (exact) mass is 300 g/mol. The fourth-order valence-corrected chi connectivity index (χ4v) is 1.33. The van der Waals surface area contributed by atoms with Gasteiger partial charge in [0.2, 0.25) is 5.95 Å². The zero-order valence-electron chi connectivity index (χ0n) is 12.9. The molecule has 120 valence electrons. The van der Waals surface area contributed by atoms with E-state index in [4.69, 9.17) is 18.9 Å². The molecule has 1 aromatic rings. The van der Waals surface area contributed by atoms with Crippen LogP contribution in [0.4, 0.5) is 5.95 Å². The van der Waals surface area contributed by atoms with E-state index in [-0.39, 0.29) is 12.0 Å². The van der Waals surface area contributed by atoms with Crippen LogP contribution in [0.5, 0.6) is 12.0 Å². The lowest BCUT2D eigenvalue weighted by molar-refractivity contribution is 0.0526. The predicted octanol–water partition coefficient (Wildman–Crippen LogP) is 1.13. The first kappa shape index (κ1) is 17.4. The Hall–Kier alpha value is -1.67. The van der Waals surface area contributed by atoms with Crippen molar-refractivity contribution in [2.45, 2.75) is 20.3 Å². The fraction of sp³-hybridized carbons (Fsp3) is 0.769. The minimum atomic E-state index is 0.224. The van der Waals surface area contributed by atoms with Gasteiger partial charge in [-0.05, 0) is 13.3 Å². The molecule has 0 atom stereocenters. The first-order valence-electron chi connectivity index (χ1n) is 7.12. The van der Waals surface area contributed by atoms with E-state index in [0.29, 0.717) is 45.5 Å². The summed E-state index contributed by atoms with van der Waals surface area (Å²) >= 11 is 0. The summed E-state index contributed by atoms with van der Waals surface area (Å²) in [6.45, 7) is 7.12. The third kappa shape index (κ3) is 7.62. The van der Waals surface area contributed by atoms with E-state index in [1.807, 2.05) is 13.8 Å². The molecule has 0 radical (unpaired) electrons. The van der Waals surface area contributed by atoms with Crippen molar-refractivity contribution in [3.63, 3.8) is 0 Å². The van der Waals surface area contributed by atoms with Gasteiger partial charge >= 0.3 is 12.0 Å². The first-order valence-corrected chi connectivity index (χ1v) is 7.12. The summed E-state index contributed by atoms with van der Waals surface area (Å²) in [5.41, 5.74) is 0. The van der Waals surface area contributed by atoms with Gasteiger partial charge in [0.05, 0.1) is 26.4 Å². The lowest BCUT2D eigenvalue weighted by Gasteiger charge is -2.09. The van der Waals surface area contributed by atoms with Crippen LogP contribution in [-0.2, 0) is 9.47 Å². The Labute approximate surface area is 125 Å². The Morgan fingerprint density at radius 3 is 2.14 bits per heavy atom. The largest absolute Gasteiger partial charge is 0.463 e. The van der Waals surface area contributed by atoms with Gasteiger partial charge in [0, 0.05) is 13.7 Å². The lowest BCUT2D eigenvalue weighted by Crippen LogP contribution is -2.13. The van der Waals surface area contributed by atoms with Crippen LogP contribution in [0.3, 0.4) is 0 Å². The number of hydrogen-bond donors (Lipinski definition) is 1. The minimum absolute atomic E-state index is 0.224. The molecule has 0 aliphatic carbocycles. The summed E-state index contributed by atoms with van der Waals surface area (Å²) in [5, 5.41) is 3.01. The third-order valence-electron chi connectivity index (χ3n) is 2.26. The minimum Gasteiger partial charge on any atom is -0.463 e. The molecule has 0 amide bonds. The van der Waals surface area contributed by atoms with Crippen LogP contribution in [0, 0.1) is 0 Å². The molecule has 0 unspecified atom stereocenters. The second-order valence-corrected chi connectivity index (χ2v) is 4.06. The number of anilines is 1. The maximum Gasteiger partial charge on any atom is 0.324 e. The molecule has 1 heterocycles. The highest BCUT2D eigenvalue weighted by atomic mass is 16.5. The Kier molecular flexibility index (Phi) is 9.14. The molecule has 1 aromatic heterocycles. The van der Waals surface area contributed by atoms with E-state index in [1.165, 1.54) is 0 Å². The molecule has 1 rings (SSSR count). The van der Waals surface area contributed by atoms with Crippen LogP contribution < -0.4 is 14.8 Å². The van der Waals surface area contributed by atoms with Gasteiger partial charge in [0.15, 0.2) is 0 Å². The molecule has 0 saturated carbocycles. The van der Waals surface area contributed by atoms with Gasteiger partial charge in [0.1, 0.15) is 6.61 Å². The molecule has 0 aliphatic heterocycles. The van der Waals surface area contributed by atoms with E-state index in [9.17, 15) is 0 Å². The van der Waals surface area contributed by atoms with Crippen LogP contribution >= 0.6 is 0 Å². The van der Waals surface area contributed by atoms with Gasteiger partial charge in [-0.2, -0.15) is 9.97 Å². The molecule has 0 spiro atoms. The van der Waals surface area contributed by atoms with Crippen LogP contribution in [0.15, 0.2) is 0 Å². The van der Waals surface area contributed by atoms with E-state index >= 15 is 0 Å². The van der Waals surface area contributed by atoms with Gasteiger partial charge in [0.25, 0.3) is 0 Å². The third-order valence-corrected chi connectivity index (χ3v) is 2.26. The van der Waals surface area contributed by atoms with Crippen molar-refractivity contribution in [3.05, 3.63) is 0 Å². The van der Waals surface area contributed by atoms with E-state index in [2.05, 4.69) is 20.3 Å². The Balaban J connectivity index is 2.48. The molecule has 0 bridgehead atoms. The highest BCUT2D eigenvalue weighted by Gasteiger charge is 2.08. The maximum absolute atomic E-state index is 5.45. The number of hydrogen-bond acceptors (Lipinski definition) is 8. The highest BCUT2D eigenvalue weighted by Crippen LogP contribution is 2.13. The van der Waals surface area contributed by atoms with Crippen LogP contribution in [-0.4, -0.2) is 61.6 Å². The average molecular weight is 300 g/mol. The number of nitrogens with zero attached hydrogens (tertiary/aromatic N) is 3. The topological polar surface area (TPSA) is 87.6 Å². The second kappa shape index (κ2) is 11.0. The van der Waals surface area contributed by atoms with Crippen LogP contribution in [0.1, 0.15) is 20.3 Å². The zero-order chi connectivity index (χ0) is 15.3. The van der Waals surface area contributed by atoms with E-state index < -0.39 is 0 Å². The van der Waals surface area contributed by atoms with Crippen molar-refractivity contribution >= 4 is 5.95 Å². The standard InChI is InChI=1S/C13H24N4O4/c1-4-6-20-12-15-11(14-5-2)16-13(17-12)21-10-9-19-8-7-18-3/h4-10H2,1-3H3,(H,14,15,16,17). The summed E-state index contributed by atoms with van der Waals surface area (Å²) in [6, 6.07) is 0.487. The Morgan fingerprint density at radius 2 is 1.52 bits per heavy atom. The summed E-state index contributed by atoms with van der Waals surface area (Å²) < 4.78 is 21.0. The number of ether oxygens (including phenoxy) is 4. The SMILES string of the molecule is CCCOc1nc(NCC)nc(OCCOCCOC)n1. The van der Waals surface area contributed by atoms with Gasteiger partial charge in [-0.3, -0.25) is 0 Å². The molecular formula is C13H24N4O4. The molecule has 21 heavy (non-hydrogen) atoms. The van der Waals surface area contributed by atoms with E-state index in [0.717, 1.165) is 6.42 Å². The lowest BCUT2D eigenvalue weighted by atomic mass is 10.5. The molecule has 0 fully saturated rings. The van der Waals surface area contributed by atoms with Crippen molar-refractivity contribution in [1.82, 2.24) is 15.0 Å². The summed E-state index contributed by atoms with van der Waals surface area (Å²) in [4.78, 5) is 12.4. The maximum atomic E-state index is 5.45. The predicted molar refractivity (Wildman–Crippen MR) is 78.0 cm³/mol. The van der Waals surface area contributed by atoms with Gasteiger partial charge in [-0.15, -0.1) is 4.98 Å². The molecular weight excluding hydrogens is 276 g/mol. The molecule has 1 N–H and O–H groups in total. The molecule has 0 aromatic carbocycles. The van der Waals surface area contributed by atoms with E-state index in [1.54, 1.807) is 7.11 Å². The number of rotatable bonds is 12. The van der Waals surface area contributed by atoms with Crippen LogP contribution in [0.25, 0.3) is 0 Å². The number of aromatic nitrogens is 3. The number of methoxy groups -OCH3 is 1. The van der Waals surface area contributed by atoms with Crippen LogP contribution in [0.2, 0.25) is 0 Å². The quantitative estimate of drug-likeness (QED) is 0.575. The van der Waals surface area contributed by atoms with Gasteiger partial charge in [-0.25, -0.2) is 0 Å². The summed E-state index contributed by atoms with van der Waals surface area (Å²) in [6.07, 6.45) is 0.881. The highest BCUT2D eigenvalue weighted by molar-refractivity contribution is 5.27. The first-order chi connectivity index (χ1) is 10.3. The zero-order valence-corrected chi connectivity index (χ0v) is 12.9. The fourth-order valence-electron chi connectivity index (χ4n) is 1.33. The molecule has 0 aliphatic rings.